The Morgan fingerprint density at radius 3 is 1.06 bits per heavy atom. The highest BCUT2D eigenvalue weighted by Crippen LogP contribution is 2.46. The van der Waals surface area contributed by atoms with Crippen molar-refractivity contribution in [3.8, 4) is 146 Å². The molecule has 105 heavy (non-hydrogen) atoms. The van der Waals surface area contributed by atoms with Crippen LogP contribution in [0.2, 0.25) is 0 Å². The zero-order valence-electron chi connectivity index (χ0n) is 56.4. The monoisotopic (exact) mass is 1370 g/mol. The van der Waals surface area contributed by atoms with Crippen LogP contribution in [0.15, 0.2) is 356 Å². The van der Waals surface area contributed by atoms with Gasteiger partial charge in [-0.25, -0.2) is 29.9 Å². The lowest BCUT2D eigenvalue weighted by Gasteiger charge is -2.11. The average molecular weight is 1380 g/mol. The molecule has 0 bridgehead atoms. The molecule has 9 heteroatoms. The standard InChI is InChI=1S/C96H58N6OS2/c1-5-19-59(20-6-1)61-39-41-62(42-40-61)71-51-53-83-80(57-71)89-76(32-18-38-86(89)105-83)73-29-14-30-74(56-73)95-99-91(65-23-9-3-10-24-65)97-93(100-95)67-49-45-64(46-50-67)77-33-15-34-78-87-79(35-16-36-82(87)103-90(77)78)96-101-92(66-25-11-4-12-26-66)98-94(102-96)68-47-43-63(44-48-68)75-31-17-37-85-88(75)81-58-72(52-54-84(81)104-85)70-28-13-27-69(55-70)60-21-7-2-8-22-60/h1-58H. The fraction of sp³-hybridized carbons (Fsp3) is 0. The minimum atomic E-state index is 0.549. The van der Waals surface area contributed by atoms with E-state index in [1.807, 2.05) is 95.5 Å². The Hall–Kier alpha value is -13.4. The third-order valence-electron chi connectivity index (χ3n) is 20.1. The molecule has 0 radical (unpaired) electrons. The van der Waals surface area contributed by atoms with Crippen LogP contribution in [0.3, 0.4) is 0 Å². The van der Waals surface area contributed by atoms with Gasteiger partial charge in [0.1, 0.15) is 11.2 Å². The molecule has 0 saturated carbocycles. The molecule has 20 aromatic rings. The third kappa shape index (κ3) is 11.3. The fourth-order valence-electron chi connectivity index (χ4n) is 14.9. The van der Waals surface area contributed by atoms with Crippen LogP contribution in [0.5, 0.6) is 0 Å². The first kappa shape index (κ1) is 61.4. The minimum Gasteiger partial charge on any atom is -0.455 e. The maximum atomic E-state index is 6.95. The molecule has 0 N–H and O–H groups in total. The van der Waals surface area contributed by atoms with E-state index < -0.39 is 0 Å². The van der Waals surface area contributed by atoms with Gasteiger partial charge in [0.2, 0.25) is 0 Å². The summed E-state index contributed by atoms with van der Waals surface area (Å²) in [7, 11) is 0. The van der Waals surface area contributed by atoms with E-state index in [2.05, 4.69) is 279 Å². The van der Waals surface area contributed by atoms with Gasteiger partial charge in [-0.1, -0.05) is 297 Å². The summed E-state index contributed by atoms with van der Waals surface area (Å²) < 4.78 is 11.9. The second-order valence-corrected chi connectivity index (χ2v) is 28.6. The molecule has 0 aliphatic rings. The number of rotatable bonds is 13. The summed E-state index contributed by atoms with van der Waals surface area (Å²) in [6.45, 7) is 0. The van der Waals surface area contributed by atoms with Gasteiger partial charge in [-0.2, -0.15) is 0 Å². The third-order valence-corrected chi connectivity index (χ3v) is 22.3. The van der Waals surface area contributed by atoms with Crippen LogP contribution in [0.1, 0.15) is 0 Å². The molecular weight excluding hydrogens is 1320 g/mol. The van der Waals surface area contributed by atoms with Crippen LogP contribution >= 0.6 is 22.7 Å². The number of hydrogen-bond donors (Lipinski definition) is 0. The molecule has 15 aromatic carbocycles. The SMILES string of the molecule is c1ccc(-c2ccc(-c3ccc4sc5cccc(-c6cccc(-c7nc(-c8ccccc8)nc(-c8ccc(-c9cccc%10c9oc9cccc(-c%11nc(-c%12ccccc%12)nc(-c%12ccc(-c%13cccc%14sc%15ccc(-c%16cccc(-c%17ccccc%17)c%16)cc%15c%13%14)cc%12)n%11)c9%10)cc8)n7)c6)c5c4c3)cc2)cc1. The van der Waals surface area contributed by atoms with Crippen molar-refractivity contribution in [1.29, 1.82) is 0 Å². The Bertz CT molecular complexity index is 6730. The molecule has 0 fully saturated rings. The maximum Gasteiger partial charge on any atom is 0.164 e. The topological polar surface area (TPSA) is 90.5 Å². The van der Waals surface area contributed by atoms with Gasteiger partial charge < -0.3 is 4.42 Å². The van der Waals surface area contributed by atoms with Crippen molar-refractivity contribution >= 4 is 85.0 Å². The van der Waals surface area contributed by atoms with Crippen LogP contribution in [-0.4, -0.2) is 29.9 Å². The van der Waals surface area contributed by atoms with E-state index in [-0.39, 0.29) is 0 Å². The molecule has 0 amide bonds. The summed E-state index contributed by atoms with van der Waals surface area (Å²) in [6.07, 6.45) is 0. The van der Waals surface area contributed by atoms with Crippen molar-refractivity contribution < 1.29 is 4.42 Å². The molecule has 0 saturated heterocycles. The number of benzene rings is 15. The normalized spacial score (nSPS) is 11.6. The number of thiophene rings is 2. The largest absolute Gasteiger partial charge is 0.455 e. The Balaban J connectivity index is 0.624. The van der Waals surface area contributed by atoms with Crippen LogP contribution in [0.25, 0.3) is 208 Å². The molecule has 0 aliphatic heterocycles. The highest BCUT2D eigenvalue weighted by molar-refractivity contribution is 7.26. The van der Waals surface area contributed by atoms with Crippen molar-refractivity contribution in [1.82, 2.24) is 29.9 Å². The molecule has 7 nitrogen and oxygen atoms in total. The molecule has 5 heterocycles. The summed E-state index contributed by atoms with van der Waals surface area (Å²) >= 11 is 3.66. The molecule has 5 aromatic heterocycles. The highest BCUT2D eigenvalue weighted by Gasteiger charge is 2.23. The lowest BCUT2D eigenvalue weighted by molar-refractivity contribution is 0.670. The Kier molecular flexibility index (Phi) is 15.1. The molecule has 490 valence electrons. The average Bonchev–Trinajstić information content (AvgIpc) is 1.62. The second kappa shape index (κ2) is 25.9. The zero-order chi connectivity index (χ0) is 69.3. The predicted molar refractivity (Wildman–Crippen MR) is 437 cm³/mol. The lowest BCUT2D eigenvalue weighted by atomic mass is 9.95. The van der Waals surface area contributed by atoms with Crippen molar-refractivity contribution in [3.63, 3.8) is 0 Å². The number of para-hydroxylation sites is 1. The van der Waals surface area contributed by atoms with Gasteiger partial charge in [0.05, 0.1) is 0 Å². The fourth-order valence-corrected chi connectivity index (χ4v) is 17.1. The number of hydrogen-bond acceptors (Lipinski definition) is 9. The van der Waals surface area contributed by atoms with E-state index in [9.17, 15) is 0 Å². The molecular formula is C96H58N6OS2. The Labute approximate surface area is 613 Å². The number of furan rings is 1. The van der Waals surface area contributed by atoms with E-state index in [1.165, 1.54) is 90.4 Å². The van der Waals surface area contributed by atoms with Crippen LogP contribution < -0.4 is 0 Å². The van der Waals surface area contributed by atoms with E-state index in [4.69, 9.17) is 34.3 Å². The summed E-state index contributed by atoms with van der Waals surface area (Å²) in [4.78, 5) is 31.4. The number of aromatic nitrogens is 6. The summed E-state index contributed by atoms with van der Waals surface area (Å²) in [5, 5.41) is 6.84. The molecule has 20 rings (SSSR count). The van der Waals surface area contributed by atoms with E-state index in [1.54, 1.807) is 0 Å². The maximum absolute atomic E-state index is 6.95. The number of nitrogens with zero attached hydrogens (tertiary/aromatic N) is 6. The van der Waals surface area contributed by atoms with Gasteiger partial charge in [-0.15, -0.1) is 22.7 Å². The molecule has 0 spiro atoms. The van der Waals surface area contributed by atoms with Gasteiger partial charge in [-0.05, 0) is 127 Å². The zero-order valence-corrected chi connectivity index (χ0v) is 58.0. The van der Waals surface area contributed by atoms with Gasteiger partial charge >= 0.3 is 0 Å². The summed E-state index contributed by atoms with van der Waals surface area (Å²) in [5.74, 6) is 3.45. The second-order valence-electron chi connectivity index (χ2n) is 26.4. The molecule has 0 atom stereocenters. The van der Waals surface area contributed by atoms with Crippen molar-refractivity contribution in [3.05, 3.63) is 352 Å². The first-order valence-corrected chi connectivity index (χ1v) is 36.7. The minimum absolute atomic E-state index is 0.549. The van der Waals surface area contributed by atoms with Crippen molar-refractivity contribution in [2.45, 2.75) is 0 Å². The predicted octanol–water partition coefficient (Wildman–Crippen LogP) is 26.4. The Morgan fingerprint density at radius 2 is 0.505 bits per heavy atom. The van der Waals surface area contributed by atoms with Gasteiger partial charge in [0.25, 0.3) is 0 Å². The van der Waals surface area contributed by atoms with Gasteiger partial charge in [0.15, 0.2) is 34.9 Å². The lowest BCUT2D eigenvalue weighted by Crippen LogP contribution is -2.00. The first-order valence-electron chi connectivity index (χ1n) is 35.1. The van der Waals surface area contributed by atoms with Crippen molar-refractivity contribution in [2.24, 2.45) is 0 Å². The van der Waals surface area contributed by atoms with Crippen LogP contribution in [0.4, 0.5) is 0 Å². The van der Waals surface area contributed by atoms with Crippen LogP contribution in [0, 0.1) is 0 Å². The smallest absolute Gasteiger partial charge is 0.164 e. The van der Waals surface area contributed by atoms with E-state index in [0.29, 0.717) is 34.9 Å². The number of fused-ring (bicyclic) bond motifs is 9. The first-order chi connectivity index (χ1) is 52.0. The summed E-state index contributed by atoms with van der Waals surface area (Å²) in [6, 6.07) is 124. The Morgan fingerprint density at radius 1 is 0.181 bits per heavy atom. The van der Waals surface area contributed by atoms with Crippen molar-refractivity contribution in [2.75, 3.05) is 0 Å². The van der Waals surface area contributed by atoms with Gasteiger partial charge in [-0.3, -0.25) is 0 Å². The van der Waals surface area contributed by atoms with Crippen LogP contribution in [-0.2, 0) is 0 Å². The highest BCUT2D eigenvalue weighted by atomic mass is 32.1. The summed E-state index contributed by atoms with van der Waals surface area (Å²) in [5.41, 5.74) is 22.8. The molecule has 0 unspecified atom stereocenters. The van der Waals surface area contributed by atoms with E-state index >= 15 is 0 Å². The molecule has 0 aliphatic carbocycles. The van der Waals surface area contributed by atoms with E-state index in [0.717, 1.165) is 83.1 Å². The quantitative estimate of drug-likeness (QED) is 0.114. The van der Waals surface area contributed by atoms with Gasteiger partial charge in [0, 0.05) is 90.1 Å².